The molecule has 3 aromatic rings. The molecule has 2 aliphatic rings. The molecular formula is C29H37N8O7S+. The Morgan fingerprint density at radius 1 is 1.36 bits per heavy atom. The lowest BCUT2D eigenvalue weighted by atomic mass is 9.84. The van der Waals surface area contributed by atoms with Gasteiger partial charge in [0.25, 0.3) is 17.9 Å². The number of carboxylic acid groups (broad SMARTS) is 1. The number of nitrogen functional groups attached to an aromatic ring is 1. The van der Waals surface area contributed by atoms with E-state index in [9.17, 15) is 19.5 Å². The van der Waals surface area contributed by atoms with E-state index in [2.05, 4.69) is 26.3 Å². The first-order valence-electron chi connectivity index (χ1n) is 14.4. The van der Waals surface area contributed by atoms with Crippen molar-refractivity contribution in [2.75, 3.05) is 19.4 Å². The van der Waals surface area contributed by atoms with E-state index in [0.717, 1.165) is 46.1 Å². The summed E-state index contributed by atoms with van der Waals surface area (Å²) in [5, 5.41) is 19.4. The van der Waals surface area contributed by atoms with Gasteiger partial charge in [0.1, 0.15) is 23.6 Å². The number of ether oxygens (including phenoxy) is 1. The average molecular weight is 642 g/mol. The molecule has 0 aliphatic carbocycles. The number of aryl methyl sites for hydroxylation is 3. The summed E-state index contributed by atoms with van der Waals surface area (Å²) < 4.78 is 10.2. The van der Waals surface area contributed by atoms with Crippen LogP contribution >= 0.6 is 11.3 Å². The SMILES string of the molecule is CON1C(=O)[C@@H](NC(=O)/C(=N\O[C@H](C(=O)O)C2CCc3cc(-c4cn(CCCN)[n+](C)c4)ccc3O2)c2csc(N)n2)C1(C)C. The van der Waals surface area contributed by atoms with Gasteiger partial charge in [0, 0.05) is 5.38 Å². The van der Waals surface area contributed by atoms with Crippen LogP contribution in [-0.4, -0.2) is 80.8 Å². The molecule has 2 aliphatic heterocycles. The fraction of sp³-hybridized carbons (Fsp3) is 0.448. The molecule has 16 heteroatoms. The Morgan fingerprint density at radius 3 is 2.78 bits per heavy atom. The lowest BCUT2D eigenvalue weighted by molar-refractivity contribution is -0.753. The zero-order valence-electron chi connectivity index (χ0n) is 25.4. The molecule has 0 saturated carbocycles. The topological polar surface area (TPSA) is 200 Å². The van der Waals surface area contributed by atoms with Gasteiger partial charge in [0.15, 0.2) is 17.9 Å². The standard InChI is InChI=1S/C29H36N8O7S/c1-29(2)24(26(39)37(29)42-4)33-25(38)22(19-15-45-28(31)32-19)34-44-23(27(40)41)21-9-7-17-12-16(6-8-20(17)43-21)18-13-35(3)36(14-18)11-5-10-30/h6,8,12-15,21,23-24H,5,7,9-11,30H2,1-4H3,(H3-,31,32,33,38,40,41)/p+1/b34-22-/t21?,23-,24+/m0/s1. The molecule has 0 bridgehead atoms. The molecule has 3 atom stereocenters. The Morgan fingerprint density at radius 2 is 2.13 bits per heavy atom. The minimum atomic E-state index is -1.54. The van der Waals surface area contributed by atoms with Gasteiger partial charge in [0.2, 0.25) is 6.20 Å². The van der Waals surface area contributed by atoms with Crippen molar-refractivity contribution in [1.82, 2.24) is 20.0 Å². The van der Waals surface area contributed by atoms with E-state index in [0.29, 0.717) is 25.1 Å². The number of carbonyl (C=O) groups excluding carboxylic acids is 2. The highest BCUT2D eigenvalue weighted by molar-refractivity contribution is 7.13. The van der Waals surface area contributed by atoms with Crippen LogP contribution in [0.4, 0.5) is 5.13 Å². The highest BCUT2D eigenvalue weighted by Crippen LogP contribution is 2.34. The minimum absolute atomic E-state index is 0.0695. The normalized spacial score (nSPS) is 19.7. The van der Waals surface area contributed by atoms with Crippen molar-refractivity contribution in [3.8, 4) is 16.9 Å². The van der Waals surface area contributed by atoms with Crippen LogP contribution in [0.5, 0.6) is 5.75 Å². The van der Waals surface area contributed by atoms with E-state index in [1.54, 1.807) is 13.8 Å². The number of fused-ring (bicyclic) bond motifs is 1. The number of benzene rings is 1. The van der Waals surface area contributed by atoms with Gasteiger partial charge in [-0.05, 0) is 62.9 Å². The van der Waals surface area contributed by atoms with Crippen molar-refractivity contribution < 1.29 is 38.6 Å². The molecular weight excluding hydrogens is 604 g/mol. The Balaban J connectivity index is 1.33. The molecule has 2 aromatic heterocycles. The number of nitrogens with two attached hydrogens (primary N) is 2. The summed E-state index contributed by atoms with van der Waals surface area (Å²) >= 11 is 1.07. The van der Waals surface area contributed by atoms with Crippen LogP contribution in [0.1, 0.15) is 37.9 Å². The van der Waals surface area contributed by atoms with Gasteiger partial charge in [-0.15, -0.1) is 16.0 Å². The average Bonchev–Trinajstić information content (AvgIpc) is 3.61. The third-order valence-electron chi connectivity index (χ3n) is 7.93. The maximum Gasteiger partial charge on any atom is 0.351 e. The summed E-state index contributed by atoms with van der Waals surface area (Å²) in [7, 11) is 3.33. The molecule has 0 radical (unpaired) electrons. The number of hydroxylamine groups is 2. The number of anilines is 1. The number of nitrogens with one attached hydrogen (secondary N) is 1. The molecule has 45 heavy (non-hydrogen) atoms. The van der Waals surface area contributed by atoms with Crippen LogP contribution in [0, 0.1) is 0 Å². The largest absolute Gasteiger partial charge is 0.485 e. The van der Waals surface area contributed by atoms with Crippen molar-refractivity contribution in [1.29, 1.82) is 0 Å². The molecule has 1 unspecified atom stereocenters. The Kier molecular flexibility index (Phi) is 9.08. The van der Waals surface area contributed by atoms with Crippen molar-refractivity contribution in [2.24, 2.45) is 17.9 Å². The molecule has 2 amide bonds. The monoisotopic (exact) mass is 641 g/mol. The molecule has 1 saturated heterocycles. The molecule has 0 spiro atoms. The zero-order valence-corrected chi connectivity index (χ0v) is 26.2. The smallest absolute Gasteiger partial charge is 0.351 e. The maximum atomic E-state index is 13.3. The number of hydrogen-bond acceptors (Lipinski definition) is 11. The van der Waals surface area contributed by atoms with Gasteiger partial charge in [-0.1, -0.05) is 11.2 Å². The van der Waals surface area contributed by atoms with E-state index in [1.807, 2.05) is 36.1 Å². The molecule has 6 N–H and O–H groups in total. The third kappa shape index (κ3) is 6.34. The first-order valence-corrected chi connectivity index (χ1v) is 15.3. The molecule has 1 fully saturated rings. The van der Waals surface area contributed by atoms with Gasteiger partial charge in [-0.3, -0.25) is 14.4 Å². The van der Waals surface area contributed by atoms with Gasteiger partial charge in [-0.25, -0.2) is 14.8 Å². The van der Waals surface area contributed by atoms with Crippen LogP contribution < -0.4 is 26.2 Å². The number of β-lactam (4-membered cyclic amide) rings is 1. The number of amides is 2. The van der Waals surface area contributed by atoms with Crippen LogP contribution in [0.3, 0.4) is 0 Å². The first kappa shape index (κ1) is 31.9. The van der Waals surface area contributed by atoms with Crippen molar-refractivity contribution >= 4 is 40.0 Å². The van der Waals surface area contributed by atoms with E-state index < -0.39 is 41.6 Å². The maximum absolute atomic E-state index is 13.3. The van der Waals surface area contributed by atoms with Crippen LogP contribution in [0.2, 0.25) is 0 Å². The predicted octanol–water partition coefficient (Wildman–Crippen LogP) is 0.602. The summed E-state index contributed by atoms with van der Waals surface area (Å²) in [6.07, 6.45) is 3.40. The third-order valence-corrected chi connectivity index (χ3v) is 8.61. The Labute approximate surface area is 263 Å². The first-order chi connectivity index (χ1) is 21.4. The highest BCUT2D eigenvalue weighted by atomic mass is 32.1. The summed E-state index contributed by atoms with van der Waals surface area (Å²) in [5.74, 6) is -2.02. The molecule has 1 aromatic carbocycles. The van der Waals surface area contributed by atoms with Crippen LogP contribution in [-0.2, 0) is 44.1 Å². The summed E-state index contributed by atoms with van der Waals surface area (Å²) in [5.41, 5.74) is 13.3. The molecule has 5 rings (SSSR count). The quantitative estimate of drug-likeness (QED) is 0.0939. The lowest BCUT2D eigenvalue weighted by Crippen LogP contribution is -2.76. The number of thiazole rings is 1. The fourth-order valence-electron chi connectivity index (χ4n) is 5.49. The molecule has 240 valence electrons. The second kappa shape index (κ2) is 12.8. The number of aliphatic carboxylic acids is 1. The van der Waals surface area contributed by atoms with E-state index >= 15 is 0 Å². The molecule has 4 heterocycles. The predicted molar refractivity (Wildman–Crippen MR) is 163 cm³/mol. The van der Waals surface area contributed by atoms with Crippen molar-refractivity contribution in [2.45, 2.75) is 63.4 Å². The minimum Gasteiger partial charge on any atom is -0.485 e. The van der Waals surface area contributed by atoms with E-state index in [1.165, 1.54) is 12.5 Å². The second-order valence-electron chi connectivity index (χ2n) is 11.4. The van der Waals surface area contributed by atoms with E-state index in [4.69, 9.17) is 25.9 Å². The number of carboxylic acids is 1. The second-order valence-corrected chi connectivity index (χ2v) is 12.3. The van der Waals surface area contributed by atoms with Gasteiger partial charge in [0.05, 0.1) is 31.0 Å². The lowest BCUT2D eigenvalue weighted by Gasteiger charge is -2.51. The summed E-state index contributed by atoms with van der Waals surface area (Å²) in [6.45, 7) is 4.86. The number of nitrogens with zero attached hydrogens (tertiary/aromatic N) is 5. The van der Waals surface area contributed by atoms with E-state index in [-0.39, 0.29) is 16.5 Å². The zero-order chi connectivity index (χ0) is 32.5. The number of hydrogen-bond donors (Lipinski definition) is 4. The fourth-order valence-corrected chi connectivity index (χ4v) is 6.04. The van der Waals surface area contributed by atoms with Crippen molar-refractivity contribution in [3.63, 3.8) is 0 Å². The number of oxime groups is 1. The van der Waals surface area contributed by atoms with Gasteiger partial charge in [-0.2, -0.15) is 4.68 Å². The highest BCUT2D eigenvalue weighted by Gasteiger charge is 2.56. The van der Waals surface area contributed by atoms with Crippen LogP contribution in [0.25, 0.3) is 11.1 Å². The molecule has 15 nitrogen and oxygen atoms in total. The summed E-state index contributed by atoms with van der Waals surface area (Å²) in [4.78, 5) is 52.9. The number of rotatable bonds is 12. The Hall–Kier alpha value is -4.54. The van der Waals surface area contributed by atoms with Crippen LogP contribution in [0.15, 0.2) is 41.1 Å². The summed E-state index contributed by atoms with van der Waals surface area (Å²) in [6, 6.07) is 4.85. The van der Waals surface area contributed by atoms with Gasteiger partial charge >= 0.3 is 5.97 Å². The Bertz CT molecular complexity index is 1630. The van der Waals surface area contributed by atoms with Gasteiger partial charge < -0.3 is 31.5 Å². The number of carbonyl (C=O) groups is 3. The van der Waals surface area contributed by atoms with Crippen molar-refractivity contribution in [3.05, 3.63) is 47.2 Å². The number of aromatic nitrogens is 3.